The third kappa shape index (κ3) is 3.72. The summed E-state index contributed by atoms with van der Waals surface area (Å²) >= 11 is 7.90. The van der Waals surface area contributed by atoms with E-state index in [1.807, 2.05) is 24.4 Å². The first-order valence-electron chi connectivity index (χ1n) is 6.58. The Morgan fingerprint density at radius 3 is 2.90 bits per heavy atom. The molecule has 1 fully saturated rings. The Kier molecular flexibility index (Phi) is 5.55. The highest BCUT2D eigenvalue weighted by molar-refractivity contribution is 8.26. The molecule has 0 radical (unpaired) electrons. The largest absolute Gasteiger partial charge is 0.480 e. The zero-order chi connectivity index (χ0) is 15.4. The SMILES string of the molecule is CCCC[C@H](C(=O)O)N1C(=O)/C(=C\c2cccs2)SC1=S. The minimum Gasteiger partial charge on any atom is -0.480 e. The van der Waals surface area contributed by atoms with E-state index in [-0.39, 0.29) is 5.91 Å². The maximum atomic E-state index is 12.4. The lowest BCUT2D eigenvalue weighted by molar-refractivity contribution is -0.145. The third-order valence-electron chi connectivity index (χ3n) is 3.07. The normalized spacial score (nSPS) is 18.5. The lowest BCUT2D eigenvalue weighted by Crippen LogP contribution is -2.43. The van der Waals surface area contributed by atoms with Gasteiger partial charge in [-0.25, -0.2) is 4.79 Å². The number of thiophene rings is 1. The number of nitrogens with zero attached hydrogens (tertiary/aromatic N) is 1. The van der Waals surface area contributed by atoms with Crippen LogP contribution in [0.1, 0.15) is 31.1 Å². The van der Waals surface area contributed by atoms with Crippen LogP contribution in [0.5, 0.6) is 0 Å². The molecule has 21 heavy (non-hydrogen) atoms. The lowest BCUT2D eigenvalue weighted by Gasteiger charge is -2.22. The van der Waals surface area contributed by atoms with Gasteiger partial charge in [0.05, 0.1) is 4.91 Å². The third-order valence-corrected chi connectivity index (χ3v) is 5.22. The molecule has 7 heteroatoms. The van der Waals surface area contributed by atoms with Gasteiger partial charge in [-0.05, 0) is 23.9 Å². The van der Waals surface area contributed by atoms with Crippen molar-refractivity contribution in [2.75, 3.05) is 0 Å². The predicted molar refractivity (Wildman–Crippen MR) is 90.3 cm³/mol. The number of carbonyl (C=O) groups excluding carboxylic acids is 1. The molecule has 0 aromatic carbocycles. The van der Waals surface area contributed by atoms with Crippen molar-refractivity contribution in [3.63, 3.8) is 0 Å². The predicted octanol–water partition coefficient (Wildman–Crippen LogP) is 3.59. The van der Waals surface area contributed by atoms with Crippen molar-refractivity contribution in [2.45, 2.75) is 32.2 Å². The van der Waals surface area contributed by atoms with Crippen molar-refractivity contribution >= 4 is 57.6 Å². The van der Waals surface area contributed by atoms with Crippen LogP contribution in [0.15, 0.2) is 22.4 Å². The summed E-state index contributed by atoms with van der Waals surface area (Å²) < 4.78 is 0.325. The molecular weight excluding hydrogens is 326 g/mol. The quantitative estimate of drug-likeness (QED) is 0.633. The van der Waals surface area contributed by atoms with Gasteiger partial charge in [0.25, 0.3) is 5.91 Å². The Hall–Kier alpha value is -1.18. The van der Waals surface area contributed by atoms with E-state index >= 15 is 0 Å². The van der Waals surface area contributed by atoms with Gasteiger partial charge in [0.1, 0.15) is 10.4 Å². The molecule has 1 saturated heterocycles. The van der Waals surface area contributed by atoms with Crippen molar-refractivity contribution in [3.8, 4) is 0 Å². The van der Waals surface area contributed by atoms with Gasteiger partial charge >= 0.3 is 5.97 Å². The number of carbonyl (C=O) groups is 2. The van der Waals surface area contributed by atoms with E-state index in [0.29, 0.717) is 15.6 Å². The monoisotopic (exact) mass is 341 g/mol. The Morgan fingerprint density at radius 2 is 2.33 bits per heavy atom. The van der Waals surface area contributed by atoms with Crippen LogP contribution in [0.25, 0.3) is 6.08 Å². The molecule has 2 rings (SSSR count). The summed E-state index contributed by atoms with van der Waals surface area (Å²) in [6.45, 7) is 1.99. The second-order valence-electron chi connectivity index (χ2n) is 4.56. The molecule has 0 spiro atoms. The van der Waals surface area contributed by atoms with Gasteiger partial charge in [-0.1, -0.05) is 49.8 Å². The van der Waals surface area contributed by atoms with Gasteiger partial charge in [-0.3, -0.25) is 9.69 Å². The second kappa shape index (κ2) is 7.20. The van der Waals surface area contributed by atoms with E-state index in [1.165, 1.54) is 28.0 Å². The standard InChI is InChI=1S/C14H15NO3S3/c1-2-3-6-10(13(17)18)15-12(16)11(21-14(15)19)8-9-5-4-7-20-9/h4-5,7-8,10H,2-3,6H2,1H3,(H,17,18)/b11-8+/t10-/m1/s1. The number of thioether (sulfide) groups is 1. The fourth-order valence-electron chi connectivity index (χ4n) is 2.01. The summed E-state index contributed by atoms with van der Waals surface area (Å²) in [5.41, 5.74) is 0. The van der Waals surface area contributed by atoms with E-state index in [4.69, 9.17) is 12.2 Å². The van der Waals surface area contributed by atoms with Gasteiger partial charge in [0, 0.05) is 4.88 Å². The fourth-order valence-corrected chi connectivity index (χ4v) is 4.09. The van der Waals surface area contributed by atoms with Crippen molar-refractivity contribution < 1.29 is 14.7 Å². The van der Waals surface area contributed by atoms with Crippen LogP contribution in [0.4, 0.5) is 0 Å². The van der Waals surface area contributed by atoms with E-state index in [1.54, 1.807) is 6.08 Å². The summed E-state index contributed by atoms with van der Waals surface area (Å²) in [5, 5.41) is 11.3. The van der Waals surface area contributed by atoms with Crippen LogP contribution in [-0.2, 0) is 9.59 Å². The summed E-state index contributed by atoms with van der Waals surface area (Å²) in [4.78, 5) is 26.6. The molecule has 112 valence electrons. The van der Waals surface area contributed by atoms with Gasteiger partial charge in [0.2, 0.25) is 0 Å². The van der Waals surface area contributed by atoms with Crippen LogP contribution < -0.4 is 0 Å². The Bertz CT molecular complexity index is 580. The molecule has 1 amide bonds. The molecule has 4 nitrogen and oxygen atoms in total. The summed E-state index contributed by atoms with van der Waals surface area (Å²) in [7, 11) is 0. The summed E-state index contributed by atoms with van der Waals surface area (Å²) in [5.74, 6) is -1.31. The molecule has 1 N–H and O–H groups in total. The minimum absolute atomic E-state index is 0.304. The van der Waals surface area contributed by atoms with Gasteiger partial charge in [-0.15, -0.1) is 11.3 Å². The number of carboxylic acid groups (broad SMARTS) is 1. The number of amides is 1. The highest BCUT2D eigenvalue weighted by Crippen LogP contribution is 2.35. The van der Waals surface area contributed by atoms with Gasteiger partial charge in [0.15, 0.2) is 0 Å². The van der Waals surface area contributed by atoms with Gasteiger partial charge in [-0.2, -0.15) is 0 Å². The number of thiocarbonyl (C=S) groups is 1. The molecule has 0 aliphatic carbocycles. The molecule has 1 aliphatic rings. The Balaban J connectivity index is 2.22. The Labute approximate surface area is 136 Å². The number of unbranched alkanes of at least 4 members (excludes halogenated alkanes) is 1. The van der Waals surface area contributed by atoms with Crippen LogP contribution >= 0.6 is 35.3 Å². The van der Waals surface area contributed by atoms with Crippen LogP contribution in [-0.4, -0.2) is 32.2 Å². The molecule has 0 bridgehead atoms. The summed E-state index contributed by atoms with van der Waals surface area (Å²) in [6.07, 6.45) is 3.81. The highest BCUT2D eigenvalue weighted by Gasteiger charge is 2.40. The molecule has 1 aliphatic heterocycles. The average molecular weight is 341 g/mol. The second-order valence-corrected chi connectivity index (χ2v) is 7.22. The number of hydrogen-bond acceptors (Lipinski definition) is 5. The van der Waals surface area contributed by atoms with E-state index in [0.717, 1.165) is 17.7 Å². The fraction of sp³-hybridized carbons (Fsp3) is 0.357. The van der Waals surface area contributed by atoms with E-state index in [9.17, 15) is 14.7 Å². The zero-order valence-corrected chi connectivity index (χ0v) is 13.9. The van der Waals surface area contributed by atoms with Crippen molar-refractivity contribution in [2.24, 2.45) is 0 Å². The van der Waals surface area contributed by atoms with E-state index < -0.39 is 12.0 Å². The maximum Gasteiger partial charge on any atom is 0.326 e. The minimum atomic E-state index is -1.00. The Morgan fingerprint density at radius 1 is 1.57 bits per heavy atom. The van der Waals surface area contributed by atoms with E-state index in [2.05, 4.69) is 0 Å². The lowest BCUT2D eigenvalue weighted by atomic mass is 10.1. The maximum absolute atomic E-state index is 12.4. The van der Waals surface area contributed by atoms with Crippen LogP contribution in [0, 0.1) is 0 Å². The van der Waals surface area contributed by atoms with Crippen LogP contribution in [0.3, 0.4) is 0 Å². The van der Waals surface area contributed by atoms with Gasteiger partial charge < -0.3 is 5.11 Å². The smallest absolute Gasteiger partial charge is 0.326 e. The number of carboxylic acids is 1. The molecule has 0 unspecified atom stereocenters. The highest BCUT2D eigenvalue weighted by atomic mass is 32.2. The molecule has 1 atom stereocenters. The number of rotatable bonds is 6. The molecule has 0 saturated carbocycles. The average Bonchev–Trinajstić information content (AvgIpc) is 3.02. The molecule has 1 aromatic rings. The number of hydrogen-bond donors (Lipinski definition) is 1. The molecular formula is C14H15NO3S3. The first-order chi connectivity index (χ1) is 10.0. The first-order valence-corrected chi connectivity index (χ1v) is 8.68. The van der Waals surface area contributed by atoms with Crippen LogP contribution in [0.2, 0.25) is 0 Å². The van der Waals surface area contributed by atoms with Crippen molar-refractivity contribution in [1.29, 1.82) is 0 Å². The molecule has 1 aromatic heterocycles. The summed E-state index contributed by atoms with van der Waals surface area (Å²) in [6, 6.07) is 2.94. The topological polar surface area (TPSA) is 57.6 Å². The zero-order valence-electron chi connectivity index (χ0n) is 11.4. The van der Waals surface area contributed by atoms with Crippen molar-refractivity contribution in [3.05, 3.63) is 27.3 Å². The molecule has 2 heterocycles. The first kappa shape index (κ1) is 16.2. The van der Waals surface area contributed by atoms with Crippen molar-refractivity contribution in [1.82, 2.24) is 4.90 Å². The number of aliphatic carboxylic acids is 1.